The van der Waals surface area contributed by atoms with E-state index in [0.29, 0.717) is 0 Å². The standard InChI is InChI=1S/C9H8F3NO2/c1-13-8(14)6-4-2-3-5-7(6)15-9(10,11)12/h2-5H,1H3,(H,13,14). The van der Waals surface area contributed by atoms with Crippen LogP contribution in [0.15, 0.2) is 24.3 Å². The molecule has 6 heteroatoms. The van der Waals surface area contributed by atoms with E-state index in [1.54, 1.807) is 0 Å². The van der Waals surface area contributed by atoms with Crippen molar-refractivity contribution in [1.82, 2.24) is 5.32 Å². The van der Waals surface area contributed by atoms with Crippen LogP contribution >= 0.6 is 0 Å². The van der Waals surface area contributed by atoms with Gasteiger partial charge in [0.1, 0.15) is 5.75 Å². The predicted octanol–water partition coefficient (Wildman–Crippen LogP) is 1.94. The van der Waals surface area contributed by atoms with Crippen LogP contribution in [-0.4, -0.2) is 19.3 Å². The molecular weight excluding hydrogens is 211 g/mol. The first-order valence-corrected chi connectivity index (χ1v) is 4.01. The third-order valence-corrected chi connectivity index (χ3v) is 1.58. The molecule has 0 radical (unpaired) electrons. The number of rotatable bonds is 2. The molecule has 0 saturated carbocycles. The molecule has 1 aromatic rings. The molecule has 0 fully saturated rings. The second-order valence-corrected chi connectivity index (χ2v) is 2.62. The summed E-state index contributed by atoms with van der Waals surface area (Å²) in [6, 6.07) is 5.14. The number of ether oxygens (including phenoxy) is 1. The minimum Gasteiger partial charge on any atom is -0.405 e. The maximum atomic E-state index is 11.9. The zero-order chi connectivity index (χ0) is 11.5. The second kappa shape index (κ2) is 4.20. The Kier molecular flexibility index (Phi) is 3.18. The monoisotopic (exact) mass is 219 g/mol. The molecular formula is C9H8F3NO2. The van der Waals surface area contributed by atoms with Crippen molar-refractivity contribution in [2.24, 2.45) is 0 Å². The summed E-state index contributed by atoms with van der Waals surface area (Å²) >= 11 is 0. The van der Waals surface area contributed by atoms with Crippen LogP contribution in [0, 0.1) is 0 Å². The highest BCUT2D eigenvalue weighted by Crippen LogP contribution is 2.25. The Hall–Kier alpha value is -1.72. The number of alkyl halides is 3. The summed E-state index contributed by atoms with van der Waals surface area (Å²) in [5.41, 5.74) is -0.155. The molecule has 0 aromatic heterocycles. The zero-order valence-electron chi connectivity index (χ0n) is 7.76. The van der Waals surface area contributed by atoms with E-state index in [0.717, 1.165) is 6.07 Å². The van der Waals surface area contributed by atoms with E-state index >= 15 is 0 Å². The van der Waals surface area contributed by atoms with E-state index in [4.69, 9.17) is 0 Å². The van der Waals surface area contributed by atoms with Crippen molar-refractivity contribution >= 4 is 5.91 Å². The molecule has 1 amide bonds. The minimum atomic E-state index is -4.80. The maximum absolute atomic E-state index is 11.9. The number of carbonyl (C=O) groups excluding carboxylic acids is 1. The molecule has 0 unspecified atom stereocenters. The van der Waals surface area contributed by atoms with Crippen LogP contribution in [-0.2, 0) is 0 Å². The lowest BCUT2D eigenvalue weighted by atomic mass is 10.2. The number of benzene rings is 1. The van der Waals surface area contributed by atoms with Crippen molar-refractivity contribution < 1.29 is 22.7 Å². The van der Waals surface area contributed by atoms with Crippen molar-refractivity contribution in [1.29, 1.82) is 0 Å². The van der Waals surface area contributed by atoms with Gasteiger partial charge in [-0.1, -0.05) is 12.1 Å². The first kappa shape index (κ1) is 11.4. The van der Waals surface area contributed by atoms with Crippen LogP contribution in [0.4, 0.5) is 13.2 Å². The van der Waals surface area contributed by atoms with E-state index in [9.17, 15) is 18.0 Å². The number of halogens is 3. The fraction of sp³-hybridized carbons (Fsp3) is 0.222. The molecule has 1 N–H and O–H groups in total. The molecule has 15 heavy (non-hydrogen) atoms. The van der Waals surface area contributed by atoms with Gasteiger partial charge in [0.05, 0.1) is 5.56 Å². The molecule has 0 aliphatic carbocycles. The van der Waals surface area contributed by atoms with Gasteiger partial charge in [-0.2, -0.15) is 0 Å². The van der Waals surface area contributed by atoms with Gasteiger partial charge < -0.3 is 10.1 Å². The number of nitrogens with one attached hydrogen (secondary N) is 1. The second-order valence-electron chi connectivity index (χ2n) is 2.62. The molecule has 0 atom stereocenters. The van der Waals surface area contributed by atoms with E-state index in [-0.39, 0.29) is 5.56 Å². The molecule has 82 valence electrons. The SMILES string of the molecule is CNC(=O)c1ccccc1OC(F)(F)F. The van der Waals surface area contributed by atoms with Crippen LogP contribution in [0.5, 0.6) is 5.75 Å². The molecule has 0 saturated heterocycles. The summed E-state index contributed by atoms with van der Waals surface area (Å²) < 4.78 is 39.5. The highest BCUT2D eigenvalue weighted by Gasteiger charge is 2.32. The summed E-state index contributed by atoms with van der Waals surface area (Å²) in [5.74, 6) is -1.14. The van der Waals surface area contributed by atoms with Gasteiger partial charge in [-0.25, -0.2) is 0 Å². The molecule has 0 aliphatic heterocycles. The quantitative estimate of drug-likeness (QED) is 0.825. The van der Waals surface area contributed by atoms with E-state index in [1.807, 2.05) is 0 Å². The summed E-state index contributed by atoms with van der Waals surface area (Å²) in [7, 11) is 1.33. The first-order valence-electron chi connectivity index (χ1n) is 4.01. The van der Waals surface area contributed by atoms with Crippen molar-refractivity contribution in [3.8, 4) is 5.75 Å². The Morgan fingerprint density at radius 3 is 2.47 bits per heavy atom. The Labute approximate surface area is 83.8 Å². The van der Waals surface area contributed by atoms with E-state index < -0.39 is 18.0 Å². The number of amides is 1. The fourth-order valence-corrected chi connectivity index (χ4v) is 1.00. The van der Waals surface area contributed by atoms with Crippen molar-refractivity contribution in [3.63, 3.8) is 0 Å². The lowest BCUT2D eigenvalue weighted by Gasteiger charge is -2.11. The first-order chi connectivity index (χ1) is 6.94. The van der Waals surface area contributed by atoms with Crippen molar-refractivity contribution in [3.05, 3.63) is 29.8 Å². The fourth-order valence-electron chi connectivity index (χ4n) is 1.00. The summed E-state index contributed by atoms with van der Waals surface area (Å²) in [4.78, 5) is 11.2. The number of hydrogen-bond acceptors (Lipinski definition) is 2. The number of hydrogen-bond donors (Lipinski definition) is 1. The molecule has 1 aromatic carbocycles. The smallest absolute Gasteiger partial charge is 0.405 e. The lowest BCUT2D eigenvalue weighted by Crippen LogP contribution is -2.22. The van der Waals surface area contributed by atoms with Gasteiger partial charge in [-0.15, -0.1) is 13.2 Å². The van der Waals surface area contributed by atoms with Gasteiger partial charge in [0.15, 0.2) is 0 Å². The van der Waals surface area contributed by atoms with Crippen LogP contribution in [0.3, 0.4) is 0 Å². The molecule has 1 rings (SSSR count). The third kappa shape index (κ3) is 3.16. The number of para-hydroxylation sites is 1. The summed E-state index contributed by atoms with van der Waals surface area (Å²) in [6.07, 6.45) is -4.80. The summed E-state index contributed by atoms with van der Waals surface area (Å²) in [5, 5.41) is 2.22. The Morgan fingerprint density at radius 1 is 1.33 bits per heavy atom. The molecule has 0 aliphatic rings. The predicted molar refractivity (Wildman–Crippen MR) is 46.5 cm³/mol. The van der Waals surface area contributed by atoms with Gasteiger partial charge in [0.2, 0.25) is 0 Å². The largest absolute Gasteiger partial charge is 0.573 e. The van der Waals surface area contributed by atoms with Gasteiger partial charge >= 0.3 is 6.36 Å². The highest BCUT2D eigenvalue weighted by molar-refractivity contribution is 5.96. The average Bonchev–Trinajstić information content (AvgIpc) is 2.15. The topological polar surface area (TPSA) is 38.3 Å². The normalized spacial score (nSPS) is 10.9. The van der Waals surface area contributed by atoms with Gasteiger partial charge in [0.25, 0.3) is 5.91 Å². The van der Waals surface area contributed by atoms with E-state index in [1.165, 1.54) is 25.2 Å². The molecule has 3 nitrogen and oxygen atoms in total. The highest BCUT2D eigenvalue weighted by atomic mass is 19.4. The van der Waals surface area contributed by atoms with Crippen LogP contribution in [0.2, 0.25) is 0 Å². The molecule has 0 heterocycles. The van der Waals surface area contributed by atoms with Gasteiger partial charge in [-0.05, 0) is 12.1 Å². The van der Waals surface area contributed by atoms with Gasteiger partial charge in [0, 0.05) is 7.05 Å². The van der Waals surface area contributed by atoms with E-state index in [2.05, 4.69) is 10.1 Å². The maximum Gasteiger partial charge on any atom is 0.573 e. The Bertz CT molecular complexity index is 363. The summed E-state index contributed by atoms with van der Waals surface area (Å²) in [6.45, 7) is 0. The minimum absolute atomic E-state index is 0.155. The van der Waals surface area contributed by atoms with Crippen molar-refractivity contribution in [2.45, 2.75) is 6.36 Å². The van der Waals surface area contributed by atoms with Crippen LogP contribution < -0.4 is 10.1 Å². The third-order valence-electron chi connectivity index (χ3n) is 1.58. The Balaban J connectivity index is 3.02. The molecule has 0 bridgehead atoms. The van der Waals surface area contributed by atoms with Gasteiger partial charge in [-0.3, -0.25) is 4.79 Å². The average molecular weight is 219 g/mol. The molecule has 0 spiro atoms. The van der Waals surface area contributed by atoms with Crippen LogP contribution in [0.1, 0.15) is 10.4 Å². The zero-order valence-corrected chi connectivity index (χ0v) is 7.76. The number of carbonyl (C=O) groups is 1. The van der Waals surface area contributed by atoms with Crippen LogP contribution in [0.25, 0.3) is 0 Å². The lowest BCUT2D eigenvalue weighted by molar-refractivity contribution is -0.274. The Morgan fingerprint density at radius 2 is 1.93 bits per heavy atom. The van der Waals surface area contributed by atoms with Crippen molar-refractivity contribution in [2.75, 3.05) is 7.05 Å².